The summed E-state index contributed by atoms with van der Waals surface area (Å²) in [6, 6.07) is 5.17. The van der Waals surface area contributed by atoms with Crippen molar-refractivity contribution in [2.75, 3.05) is 37.7 Å². The van der Waals surface area contributed by atoms with E-state index in [-0.39, 0.29) is 17.8 Å². The second-order valence-corrected chi connectivity index (χ2v) is 7.67. The number of aromatic hydroxyl groups is 1. The van der Waals surface area contributed by atoms with Crippen molar-refractivity contribution in [2.45, 2.75) is 51.6 Å². The number of hydrogen-bond acceptors (Lipinski definition) is 5. The molecule has 0 atom stereocenters. The Bertz CT molecular complexity index is 621. The third-order valence-corrected chi connectivity index (χ3v) is 5.80. The maximum Gasteiger partial charge on any atom is 0.222 e. The Balaban J connectivity index is 1.48. The summed E-state index contributed by atoms with van der Waals surface area (Å²) in [5.41, 5.74) is 0.893. The van der Waals surface area contributed by atoms with Gasteiger partial charge in [0.25, 0.3) is 0 Å². The number of hydrogen-bond donors (Lipinski definition) is 2. The standard InChI is InChI=1S/C21H32N2O4/c1-2-27-20-9-8-18(25)15-19(20)22-11-13-23(14-12-22)21(26)10-5-16-3-6-17(24)7-4-16/h8-9,15-17,24-25H,2-7,10-14H2,1H3. The number of phenolic OH excluding ortho intramolecular Hbond substituents is 1. The molecule has 1 aliphatic carbocycles. The molecule has 1 aromatic carbocycles. The van der Waals surface area contributed by atoms with Crippen LogP contribution < -0.4 is 9.64 Å². The Morgan fingerprint density at radius 2 is 1.85 bits per heavy atom. The van der Waals surface area contributed by atoms with Crippen molar-refractivity contribution in [2.24, 2.45) is 5.92 Å². The molecule has 27 heavy (non-hydrogen) atoms. The third kappa shape index (κ3) is 5.28. The monoisotopic (exact) mass is 376 g/mol. The molecule has 0 aromatic heterocycles. The summed E-state index contributed by atoms with van der Waals surface area (Å²) in [4.78, 5) is 16.7. The number of nitrogens with zero attached hydrogens (tertiary/aromatic N) is 2. The molecule has 1 aromatic rings. The Morgan fingerprint density at radius 1 is 1.15 bits per heavy atom. The normalized spacial score (nSPS) is 23.3. The van der Waals surface area contributed by atoms with Crippen molar-refractivity contribution in [1.29, 1.82) is 0 Å². The molecule has 150 valence electrons. The van der Waals surface area contributed by atoms with Gasteiger partial charge in [-0.15, -0.1) is 0 Å². The molecule has 6 nitrogen and oxygen atoms in total. The highest BCUT2D eigenvalue weighted by Crippen LogP contribution is 2.33. The van der Waals surface area contributed by atoms with Gasteiger partial charge in [0.1, 0.15) is 11.5 Å². The molecular formula is C21H32N2O4. The van der Waals surface area contributed by atoms with Crippen LogP contribution in [0, 0.1) is 5.92 Å². The summed E-state index contributed by atoms with van der Waals surface area (Å²) in [6.07, 6.45) is 5.25. The van der Waals surface area contributed by atoms with Gasteiger partial charge in [0.2, 0.25) is 5.91 Å². The quantitative estimate of drug-likeness (QED) is 0.799. The second kappa shape index (κ2) is 9.31. The van der Waals surface area contributed by atoms with Gasteiger partial charge in [0, 0.05) is 38.7 Å². The molecule has 0 spiro atoms. The molecule has 1 heterocycles. The highest BCUT2D eigenvalue weighted by Gasteiger charge is 2.25. The van der Waals surface area contributed by atoms with E-state index in [2.05, 4.69) is 4.90 Å². The second-order valence-electron chi connectivity index (χ2n) is 7.67. The fourth-order valence-electron chi connectivity index (χ4n) is 4.15. The molecular weight excluding hydrogens is 344 g/mol. The van der Waals surface area contributed by atoms with Gasteiger partial charge < -0.3 is 24.7 Å². The van der Waals surface area contributed by atoms with Crippen LogP contribution in [-0.2, 0) is 4.79 Å². The predicted octanol–water partition coefficient (Wildman–Crippen LogP) is 2.77. The molecule has 0 bridgehead atoms. The predicted molar refractivity (Wildman–Crippen MR) is 105 cm³/mol. The molecule has 3 rings (SSSR count). The zero-order valence-corrected chi connectivity index (χ0v) is 16.3. The van der Waals surface area contributed by atoms with E-state index < -0.39 is 0 Å². The molecule has 6 heteroatoms. The lowest BCUT2D eigenvalue weighted by Crippen LogP contribution is -2.49. The van der Waals surface area contributed by atoms with E-state index in [0.717, 1.165) is 56.6 Å². The first-order chi connectivity index (χ1) is 13.1. The molecule has 1 saturated carbocycles. The summed E-state index contributed by atoms with van der Waals surface area (Å²) in [5.74, 6) is 1.82. The smallest absolute Gasteiger partial charge is 0.222 e. The zero-order chi connectivity index (χ0) is 19.2. The van der Waals surface area contributed by atoms with Crippen molar-refractivity contribution in [3.63, 3.8) is 0 Å². The minimum Gasteiger partial charge on any atom is -0.508 e. The molecule has 1 amide bonds. The molecule has 2 aliphatic rings. The summed E-state index contributed by atoms with van der Waals surface area (Å²) < 4.78 is 5.68. The van der Waals surface area contributed by atoms with Crippen molar-refractivity contribution >= 4 is 11.6 Å². The number of carbonyl (C=O) groups is 1. The summed E-state index contributed by atoms with van der Waals surface area (Å²) in [5, 5.41) is 19.4. The minimum atomic E-state index is -0.135. The van der Waals surface area contributed by atoms with Crippen molar-refractivity contribution < 1.29 is 19.7 Å². The van der Waals surface area contributed by atoms with E-state index >= 15 is 0 Å². The number of ether oxygens (including phenoxy) is 1. The van der Waals surface area contributed by atoms with E-state index in [0.29, 0.717) is 32.0 Å². The average Bonchev–Trinajstić information content (AvgIpc) is 2.69. The lowest BCUT2D eigenvalue weighted by molar-refractivity contribution is -0.131. The van der Waals surface area contributed by atoms with Gasteiger partial charge in [-0.3, -0.25) is 4.79 Å². The molecule has 1 saturated heterocycles. The van der Waals surface area contributed by atoms with Gasteiger partial charge in [-0.2, -0.15) is 0 Å². The van der Waals surface area contributed by atoms with E-state index in [1.54, 1.807) is 18.2 Å². The summed E-state index contributed by atoms with van der Waals surface area (Å²) >= 11 is 0. The first-order valence-electron chi connectivity index (χ1n) is 10.2. The number of piperazine rings is 1. The van der Waals surface area contributed by atoms with Crippen LogP contribution in [-0.4, -0.2) is 59.9 Å². The third-order valence-electron chi connectivity index (χ3n) is 5.80. The Hall–Kier alpha value is -1.95. The molecule has 0 radical (unpaired) electrons. The Kier molecular flexibility index (Phi) is 6.83. The zero-order valence-electron chi connectivity index (χ0n) is 16.3. The number of phenols is 1. The lowest BCUT2D eigenvalue weighted by Gasteiger charge is -2.37. The van der Waals surface area contributed by atoms with Gasteiger partial charge in [-0.05, 0) is 57.1 Å². The number of anilines is 1. The molecule has 1 aliphatic heterocycles. The van der Waals surface area contributed by atoms with Crippen LogP contribution >= 0.6 is 0 Å². The summed E-state index contributed by atoms with van der Waals surface area (Å²) in [6.45, 7) is 5.40. The highest BCUT2D eigenvalue weighted by atomic mass is 16.5. The van der Waals surface area contributed by atoms with Gasteiger partial charge >= 0.3 is 0 Å². The van der Waals surface area contributed by atoms with E-state index in [1.807, 2.05) is 11.8 Å². The first kappa shape index (κ1) is 19.8. The summed E-state index contributed by atoms with van der Waals surface area (Å²) in [7, 11) is 0. The van der Waals surface area contributed by atoms with Crippen LogP contribution in [0.4, 0.5) is 5.69 Å². The van der Waals surface area contributed by atoms with Crippen LogP contribution in [0.1, 0.15) is 45.4 Å². The number of aliphatic hydroxyl groups excluding tert-OH is 1. The first-order valence-corrected chi connectivity index (χ1v) is 10.2. The van der Waals surface area contributed by atoms with Crippen LogP contribution in [0.5, 0.6) is 11.5 Å². The van der Waals surface area contributed by atoms with Gasteiger partial charge in [-0.1, -0.05) is 0 Å². The number of rotatable bonds is 6. The minimum absolute atomic E-state index is 0.135. The van der Waals surface area contributed by atoms with E-state index in [1.165, 1.54) is 0 Å². The lowest BCUT2D eigenvalue weighted by atomic mass is 9.84. The maximum atomic E-state index is 12.6. The molecule has 2 N–H and O–H groups in total. The molecule has 0 unspecified atom stereocenters. The van der Waals surface area contributed by atoms with E-state index in [4.69, 9.17) is 4.74 Å². The topological polar surface area (TPSA) is 73.2 Å². The van der Waals surface area contributed by atoms with Gasteiger partial charge in [0.15, 0.2) is 0 Å². The fourth-order valence-corrected chi connectivity index (χ4v) is 4.15. The maximum absolute atomic E-state index is 12.6. The fraction of sp³-hybridized carbons (Fsp3) is 0.667. The number of aliphatic hydroxyl groups is 1. The van der Waals surface area contributed by atoms with Crippen LogP contribution in [0.3, 0.4) is 0 Å². The van der Waals surface area contributed by atoms with Crippen molar-refractivity contribution in [3.8, 4) is 11.5 Å². The molecule has 2 fully saturated rings. The Labute approximate surface area is 161 Å². The average molecular weight is 376 g/mol. The van der Waals surface area contributed by atoms with Crippen LogP contribution in [0.2, 0.25) is 0 Å². The Morgan fingerprint density at radius 3 is 2.52 bits per heavy atom. The van der Waals surface area contributed by atoms with Crippen molar-refractivity contribution in [3.05, 3.63) is 18.2 Å². The van der Waals surface area contributed by atoms with Gasteiger partial charge in [-0.25, -0.2) is 0 Å². The number of carbonyl (C=O) groups excluding carboxylic acids is 1. The number of amides is 1. The number of benzene rings is 1. The van der Waals surface area contributed by atoms with Gasteiger partial charge in [0.05, 0.1) is 18.4 Å². The van der Waals surface area contributed by atoms with Crippen LogP contribution in [0.25, 0.3) is 0 Å². The van der Waals surface area contributed by atoms with Crippen molar-refractivity contribution in [1.82, 2.24) is 4.90 Å². The van der Waals surface area contributed by atoms with Crippen LogP contribution in [0.15, 0.2) is 18.2 Å². The largest absolute Gasteiger partial charge is 0.508 e. The van der Waals surface area contributed by atoms with E-state index in [9.17, 15) is 15.0 Å². The SMILES string of the molecule is CCOc1ccc(O)cc1N1CCN(C(=O)CCC2CCC(O)CC2)CC1. The highest BCUT2D eigenvalue weighted by molar-refractivity contribution is 5.76.